The summed E-state index contributed by atoms with van der Waals surface area (Å²) in [6.07, 6.45) is 1.87. The summed E-state index contributed by atoms with van der Waals surface area (Å²) >= 11 is 0. The molecule has 0 radical (unpaired) electrons. The van der Waals surface area contributed by atoms with Crippen LogP contribution in [0, 0.1) is 6.92 Å². The Morgan fingerprint density at radius 1 is 1.30 bits per heavy atom. The summed E-state index contributed by atoms with van der Waals surface area (Å²) in [6.45, 7) is 2.97. The maximum atomic E-state index is 12.9. The molecule has 3 heterocycles. The number of anilines is 1. The van der Waals surface area contributed by atoms with E-state index < -0.39 is 16.1 Å². The molecule has 1 amide bonds. The van der Waals surface area contributed by atoms with Crippen molar-refractivity contribution in [2.24, 2.45) is 7.05 Å². The lowest BCUT2D eigenvalue weighted by molar-refractivity contribution is -0.121. The second-order valence-electron chi connectivity index (χ2n) is 6.94. The van der Waals surface area contributed by atoms with E-state index in [0.717, 1.165) is 17.0 Å². The monoisotopic (exact) mass is 390 g/mol. The third kappa shape index (κ3) is 3.32. The van der Waals surface area contributed by atoms with Crippen LogP contribution in [0.2, 0.25) is 0 Å². The lowest BCUT2D eigenvalue weighted by Gasteiger charge is -2.32. The molecule has 2 aliphatic heterocycles. The fourth-order valence-electron chi connectivity index (χ4n) is 3.65. The molecule has 1 fully saturated rings. The van der Waals surface area contributed by atoms with Gasteiger partial charge in [0.25, 0.3) is 0 Å². The molecule has 8 nitrogen and oxygen atoms in total. The van der Waals surface area contributed by atoms with E-state index in [9.17, 15) is 13.2 Å². The molecule has 1 saturated heterocycles. The van der Waals surface area contributed by atoms with Crippen molar-refractivity contribution < 1.29 is 17.9 Å². The Balaban J connectivity index is 1.56. The van der Waals surface area contributed by atoms with Gasteiger partial charge in [-0.3, -0.25) is 14.4 Å². The number of carbonyl (C=O) groups is 1. The average molecular weight is 390 g/mol. The zero-order valence-corrected chi connectivity index (χ0v) is 16.1. The molecular formula is C18H22N4O4S. The van der Waals surface area contributed by atoms with Crippen LogP contribution >= 0.6 is 0 Å². The fraction of sp³-hybridized carbons (Fsp3) is 0.444. The summed E-state index contributed by atoms with van der Waals surface area (Å²) in [7, 11) is -2.03. The Morgan fingerprint density at radius 3 is 2.85 bits per heavy atom. The van der Waals surface area contributed by atoms with Gasteiger partial charge in [0.2, 0.25) is 15.9 Å². The highest BCUT2D eigenvalue weighted by Crippen LogP contribution is 2.28. The van der Waals surface area contributed by atoms with E-state index in [1.165, 1.54) is 6.07 Å². The van der Waals surface area contributed by atoms with Crippen LogP contribution in [-0.2, 0) is 28.3 Å². The van der Waals surface area contributed by atoms with Crippen molar-refractivity contribution in [2.75, 3.05) is 18.1 Å². The van der Waals surface area contributed by atoms with Gasteiger partial charge in [-0.2, -0.15) is 9.82 Å². The van der Waals surface area contributed by atoms with Crippen molar-refractivity contribution >= 4 is 21.7 Å². The van der Waals surface area contributed by atoms with Crippen molar-refractivity contribution in [1.82, 2.24) is 14.5 Å². The van der Waals surface area contributed by atoms with Gasteiger partial charge in [0.1, 0.15) is 17.6 Å². The number of amides is 1. The van der Waals surface area contributed by atoms with E-state index in [4.69, 9.17) is 4.74 Å². The van der Waals surface area contributed by atoms with Crippen LogP contribution in [0.1, 0.15) is 24.1 Å². The highest BCUT2D eigenvalue weighted by atomic mass is 32.2. The second-order valence-corrected chi connectivity index (χ2v) is 8.66. The van der Waals surface area contributed by atoms with E-state index in [1.54, 1.807) is 28.8 Å². The van der Waals surface area contributed by atoms with Crippen LogP contribution < -0.4 is 14.4 Å². The number of nitrogens with one attached hydrogen (secondary N) is 1. The van der Waals surface area contributed by atoms with Gasteiger partial charge in [0.15, 0.2) is 0 Å². The smallest absolute Gasteiger partial charge is 0.246 e. The quantitative estimate of drug-likeness (QED) is 0.845. The molecule has 0 bridgehead atoms. The van der Waals surface area contributed by atoms with Crippen molar-refractivity contribution in [3.63, 3.8) is 0 Å². The molecule has 1 aromatic carbocycles. The van der Waals surface area contributed by atoms with Crippen LogP contribution in [0.4, 0.5) is 5.82 Å². The van der Waals surface area contributed by atoms with Crippen LogP contribution in [0.25, 0.3) is 0 Å². The van der Waals surface area contributed by atoms with Crippen LogP contribution in [0.3, 0.4) is 0 Å². The lowest BCUT2D eigenvalue weighted by atomic mass is 10.1. The van der Waals surface area contributed by atoms with E-state index in [0.29, 0.717) is 38.2 Å². The molecule has 1 atom stereocenters. The Hall–Kier alpha value is -2.39. The zero-order chi connectivity index (χ0) is 19.2. The largest absolute Gasteiger partial charge is 0.493 e. The highest BCUT2D eigenvalue weighted by Gasteiger charge is 2.34. The molecule has 144 valence electrons. The first-order chi connectivity index (χ1) is 12.8. The normalized spacial score (nSPS) is 19.9. The highest BCUT2D eigenvalue weighted by molar-refractivity contribution is 7.89. The molecule has 9 heteroatoms. The number of rotatable bonds is 4. The summed E-state index contributed by atoms with van der Waals surface area (Å²) in [5, 5.41) is 4.27. The Labute approximate surface area is 158 Å². The molecular weight excluding hydrogens is 368 g/mol. The predicted octanol–water partition coefficient (Wildman–Crippen LogP) is 1.14. The fourth-order valence-corrected chi connectivity index (χ4v) is 4.92. The summed E-state index contributed by atoms with van der Waals surface area (Å²) in [5.41, 5.74) is 1.68. The van der Waals surface area contributed by atoms with Crippen molar-refractivity contribution in [3.05, 3.63) is 35.5 Å². The van der Waals surface area contributed by atoms with Gasteiger partial charge in [-0.25, -0.2) is 8.42 Å². The van der Waals surface area contributed by atoms with Gasteiger partial charge in [0, 0.05) is 26.1 Å². The maximum absolute atomic E-state index is 12.9. The maximum Gasteiger partial charge on any atom is 0.246 e. The first-order valence-corrected chi connectivity index (χ1v) is 10.4. The number of sulfonamides is 1. The van der Waals surface area contributed by atoms with Gasteiger partial charge in [-0.15, -0.1) is 0 Å². The van der Waals surface area contributed by atoms with Crippen LogP contribution in [0.5, 0.6) is 5.75 Å². The van der Waals surface area contributed by atoms with Gasteiger partial charge in [-0.1, -0.05) is 0 Å². The van der Waals surface area contributed by atoms with Gasteiger partial charge in [-0.05, 0) is 43.5 Å². The number of benzene rings is 1. The SMILES string of the molecule is Cc1cc(N2CCCC(NS(=O)(=O)c3ccc4c(c3)CCO4)C2=O)n(C)n1. The third-order valence-corrected chi connectivity index (χ3v) is 6.43. The standard InChI is InChI=1S/C18H22N4O4S/c1-12-10-17(21(2)19-12)22-8-3-4-15(18(22)23)20-27(24,25)14-5-6-16-13(11-14)7-9-26-16/h5-6,10-11,15,20H,3-4,7-9H2,1-2H3. The number of ether oxygens (including phenoxy) is 1. The van der Waals surface area contributed by atoms with Crippen LogP contribution in [-0.4, -0.2) is 43.3 Å². The number of aromatic nitrogens is 2. The van der Waals surface area contributed by atoms with E-state index in [2.05, 4.69) is 9.82 Å². The Morgan fingerprint density at radius 2 is 2.11 bits per heavy atom. The number of aryl methyl sites for hydroxylation is 2. The van der Waals surface area contributed by atoms with Crippen molar-refractivity contribution in [1.29, 1.82) is 0 Å². The molecule has 4 rings (SSSR count). The minimum Gasteiger partial charge on any atom is -0.493 e. The van der Waals surface area contributed by atoms with Gasteiger partial charge < -0.3 is 4.74 Å². The number of hydrogen-bond donors (Lipinski definition) is 1. The number of fused-ring (bicyclic) bond motifs is 1. The minimum atomic E-state index is -3.80. The van der Waals surface area contributed by atoms with Gasteiger partial charge >= 0.3 is 0 Å². The third-order valence-electron chi connectivity index (χ3n) is 4.96. The average Bonchev–Trinajstić information content (AvgIpc) is 3.21. The van der Waals surface area contributed by atoms with E-state index >= 15 is 0 Å². The molecule has 2 aliphatic rings. The van der Waals surface area contributed by atoms with E-state index in [-0.39, 0.29) is 10.8 Å². The Kier molecular flexibility index (Phi) is 4.43. The lowest BCUT2D eigenvalue weighted by Crippen LogP contribution is -2.52. The van der Waals surface area contributed by atoms with E-state index in [1.807, 2.05) is 13.0 Å². The molecule has 2 aromatic rings. The summed E-state index contributed by atoms with van der Waals surface area (Å²) < 4.78 is 35.3. The number of carbonyl (C=O) groups excluding carboxylic acids is 1. The molecule has 1 unspecified atom stereocenters. The first-order valence-electron chi connectivity index (χ1n) is 8.95. The van der Waals surface area contributed by atoms with Crippen LogP contribution in [0.15, 0.2) is 29.2 Å². The summed E-state index contributed by atoms with van der Waals surface area (Å²) in [4.78, 5) is 14.7. The molecule has 0 aliphatic carbocycles. The van der Waals surface area contributed by atoms with Crippen molar-refractivity contribution in [3.8, 4) is 5.75 Å². The minimum absolute atomic E-state index is 0.160. The number of hydrogen-bond acceptors (Lipinski definition) is 5. The zero-order valence-electron chi connectivity index (χ0n) is 15.3. The van der Waals surface area contributed by atoms with Crippen molar-refractivity contribution in [2.45, 2.75) is 37.1 Å². The second kappa shape index (κ2) is 6.65. The first kappa shape index (κ1) is 18.0. The molecule has 27 heavy (non-hydrogen) atoms. The molecule has 1 aromatic heterocycles. The topological polar surface area (TPSA) is 93.5 Å². The summed E-state index contributed by atoms with van der Waals surface area (Å²) in [6, 6.07) is 5.85. The Bertz CT molecular complexity index is 999. The molecule has 0 spiro atoms. The summed E-state index contributed by atoms with van der Waals surface area (Å²) in [5.74, 6) is 1.15. The van der Waals surface area contributed by atoms with Gasteiger partial charge in [0.05, 0.1) is 17.2 Å². The molecule has 0 saturated carbocycles. The number of piperidine rings is 1. The number of nitrogens with zero attached hydrogens (tertiary/aromatic N) is 3. The molecule has 1 N–H and O–H groups in total. The predicted molar refractivity (Wildman–Crippen MR) is 99.3 cm³/mol.